The van der Waals surface area contributed by atoms with Crippen molar-refractivity contribution in [2.24, 2.45) is 0 Å². The first-order valence-corrected chi connectivity index (χ1v) is 7.92. The number of hydrogen-bond acceptors (Lipinski definition) is 3. The highest BCUT2D eigenvalue weighted by molar-refractivity contribution is 5.77. The van der Waals surface area contributed by atoms with Gasteiger partial charge in [-0.15, -0.1) is 0 Å². The molecule has 0 aliphatic carbocycles. The third kappa shape index (κ3) is 4.74. The van der Waals surface area contributed by atoms with Crippen LogP contribution in [-0.4, -0.2) is 31.6 Å². The molecule has 4 nitrogen and oxygen atoms in total. The van der Waals surface area contributed by atoms with E-state index in [9.17, 15) is 4.79 Å². The fourth-order valence-corrected chi connectivity index (χ4v) is 2.63. The van der Waals surface area contributed by atoms with Gasteiger partial charge in [-0.2, -0.15) is 0 Å². The number of nitrogens with one attached hydrogen (secondary N) is 2. The van der Waals surface area contributed by atoms with Crippen LogP contribution in [-0.2, 0) is 4.79 Å². The van der Waals surface area contributed by atoms with Crippen LogP contribution in [0.3, 0.4) is 0 Å². The SMILES string of the molecule is CCC(C)c1ccccc1OCC(=O)N[C@H]1CCCNC1. The number of carbonyl (C=O) groups excluding carboxylic acids is 1. The molecule has 0 bridgehead atoms. The summed E-state index contributed by atoms with van der Waals surface area (Å²) in [6.07, 6.45) is 3.21. The Labute approximate surface area is 127 Å². The lowest BCUT2D eigenvalue weighted by atomic mass is 9.98. The fraction of sp³-hybridized carbons (Fsp3) is 0.588. The van der Waals surface area contributed by atoms with E-state index in [0.29, 0.717) is 5.92 Å². The summed E-state index contributed by atoms with van der Waals surface area (Å²) in [7, 11) is 0. The molecule has 1 aromatic carbocycles. The van der Waals surface area contributed by atoms with E-state index in [4.69, 9.17) is 4.74 Å². The molecule has 1 aliphatic rings. The van der Waals surface area contributed by atoms with Crippen LogP contribution < -0.4 is 15.4 Å². The molecular weight excluding hydrogens is 264 g/mol. The van der Waals surface area contributed by atoms with Crippen molar-refractivity contribution >= 4 is 5.91 Å². The molecule has 0 spiro atoms. The average molecular weight is 290 g/mol. The van der Waals surface area contributed by atoms with Gasteiger partial charge in [0.15, 0.2) is 6.61 Å². The van der Waals surface area contributed by atoms with Crippen LogP contribution in [0.2, 0.25) is 0 Å². The summed E-state index contributed by atoms with van der Waals surface area (Å²) >= 11 is 0. The van der Waals surface area contributed by atoms with E-state index in [1.165, 1.54) is 5.56 Å². The Hall–Kier alpha value is -1.55. The zero-order valence-electron chi connectivity index (χ0n) is 13.0. The number of para-hydroxylation sites is 1. The monoisotopic (exact) mass is 290 g/mol. The lowest BCUT2D eigenvalue weighted by molar-refractivity contribution is -0.123. The lowest BCUT2D eigenvalue weighted by Crippen LogP contribution is -2.47. The second-order valence-electron chi connectivity index (χ2n) is 5.75. The smallest absolute Gasteiger partial charge is 0.258 e. The molecule has 2 rings (SSSR count). The van der Waals surface area contributed by atoms with E-state index >= 15 is 0 Å². The Morgan fingerprint density at radius 1 is 1.48 bits per heavy atom. The minimum absolute atomic E-state index is 0.0392. The molecule has 1 aromatic rings. The minimum atomic E-state index is -0.0392. The Bertz CT molecular complexity index is 456. The summed E-state index contributed by atoms with van der Waals surface area (Å²) in [6.45, 7) is 6.32. The van der Waals surface area contributed by atoms with Crippen LogP contribution in [0.15, 0.2) is 24.3 Å². The van der Waals surface area contributed by atoms with Gasteiger partial charge >= 0.3 is 0 Å². The van der Waals surface area contributed by atoms with Crippen LogP contribution in [0.25, 0.3) is 0 Å². The van der Waals surface area contributed by atoms with Gasteiger partial charge in [-0.25, -0.2) is 0 Å². The standard InChI is InChI=1S/C17H26N2O2/c1-3-13(2)15-8-4-5-9-16(15)21-12-17(20)19-14-7-6-10-18-11-14/h4-5,8-9,13-14,18H,3,6-7,10-12H2,1-2H3,(H,19,20)/t13?,14-/m0/s1. The van der Waals surface area contributed by atoms with Crippen molar-refractivity contribution in [1.82, 2.24) is 10.6 Å². The number of amides is 1. The first-order chi connectivity index (χ1) is 10.2. The maximum absolute atomic E-state index is 12.0. The predicted octanol–water partition coefficient (Wildman–Crippen LogP) is 2.45. The summed E-state index contributed by atoms with van der Waals surface area (Å²) in [5.74, 6) is 1.22. The third-order valence-electron chi connectivity index (χ3n) is 4.08. The molecule has 4 heteroatoms. The summed E-state index contributed by atoms with van der Waals surface area (Å²) < 4.78 is 5.73. The average Bonchev–Trinajstić information content (AvgIpc) is 2.53. The number of hydrogen-bond donors (Lipinski definition) is 2. The molecule has 1 saturated heterocycles. The van der Waals surface area contributed by atoms with Crippen LogP contribution >= 0.6 is 0 Å². The molecule has 0 saturated carbocycles. The van der Waals surface area contributed by atoms with Crippen molar-refractivity contribution in [1.29, 1.82) is 0 Å². The molecule has 1 amide bonds. The molecule has 2 N–H and O–H groups in total. The van der Waals surface area contributed by atoms with Crippen molar-refractivity contribution in [2.45, 2.75) is 45.1 Å². The van der Waals surface area contributed by atoms with Gasteiger partial charge in [0.1, 0.15) is 5.75 Å². The van der Waals surface area contributed by atoms with Gasteiger partial charge in [-0.3, -0.25) is 4.79 Å². The van der Waals surface area contributed by atoms with E-state index in [0.717, 1.165) is 38.1 Å². The molecule has 21 heavy (non-hydrogen) atoms. The van der Waals surface area contributed by atoms with Gasteiger partial charge in [0, 0.05) is 12.6 Å². The maximum atomic E-state index is 12.0. The van der Waals surface area contributed by atoms with Crippen LogP contribution in [0.4, 0.5) is 0 Å². The molecule has 2 atom stereocenters. The molecular formula is C17H26N2O2. The van der Waals surface area contributed by atoms with Gasteiger partial charge in [0.2, 0.25) is 0 Å². The van der Waals surface area contributed by atoms with Gasteiger partial charge < -0.3 is 15.4 Å². The number of piperidine rings is 1. The second kappa shape index (κ2) is 8.03. The van der Waals surface area contributed by atoms with Crippen LogP contribution in [0.5, 0.6) is 5.75 Å². The quantitative estimate of drug-likeness (QED) is 0.846. The highest BCUT2D eigenvalue weighted by Gasteiger charge is 2.16. The largest absolute Gasteiger partial charge is 0.483 e. The van der Waals surface area contributed by atoms with Crippen molar-refractivity contribution in [2.75, 3.05) is 19.7 Å². The van der Waals surface area contributed by atoms with Crippen LogP contribution in [0.1, 0.15) is 44.6 Å². The Morgan fingerprint density at radius 2 is 2.29 bits per heavy atom. The van der Waals surface area contributed by atoms with E-state index in [2.05, 4.69) is 30.5 Å². The van der Waals surface area contributed by atoms with E-state index in [-0.39, 0.29) is 18.6 Å². The first kappa shape index (κ1) is 15.8. The molecule has 1 unspecified atom stereocenters. The summed E-state index contributed by atoms with van der Waals surface area (Å²) in [5.41, 5.74) is 1.17. The Morgan fingerprint density at radius 3 is 3.00 bits per heavy atom. The molecule has 1 aliphatic heterocycles. The summed E-state index contributed by atoms with van der Waals surface area (Å²) in [6, 6.07) is 8.22. The Kier molecular flexibility index (Phi) is 6.05. The predicted molar refractivity (Wildman–Crippen MR) is 84.7 cm³/mol. The van der Waals surface area contributed by atoms with Crippen molar-refractivity contribution in [3.8, 4) is 5.75 Å². The molecule has 1 heterocycles. The normalized spacial score (nSPS) is 19.8. The molecule has 1 fully saturated rings. The molecule has 116 valence electrons. The van der Waals surface area contributed by atoms with E-state index in [1.54, 1.807) is 0 Å². The molecule has 0 aromatic heterocycles. The number of rotatable bonds is 6. The Balaban J connectivity index is 1.86. The zero-order valence-corrected chi connectivity index (χ0v) is 13.0. The first-order valence-electron chi connectivity index (χ1n) is 7.92. The van der Waals surface area contributed by atoms with Gasteiger partial charge in [-0.05, 0) is 43.4 Å². The van der Waals surface area contributed by atoms with Crippen molar-refractivity contribution in [3.05, 3.63) is 29.8 Å². The maximum Gasteiger partial charge on any atom is 0.258 e. The lowest BCUT2D eigenvalue weighted by Gasteiger charge is -2.24. The minimum Gasteiger partial charge on any atom is -0.483 e. The van der Waals surface area contributed by atoms with Crippen molar-refractivity contribution in [3.63, 3.8) is 0 Å². The molecule has 0 radical (unpaired) electrons. The highest BCUT2D eigenvalue weighted by atomic mass is 16.5. The highest BCUT2D eigenvalue weighted by Crippen LogP contribution is 2.28. The summed E-state index contributed by atoms with van der Waals surface area (Å²) in [4.78, 5) is 12.0. The number of ether oxygens (including phenoxy) is 1. The van der Waals surface area contributed by atoms with Gasteiger partial charge in [-0.1, -0.05) is 32.0 Å². The number of benzene rings is 1. The van der Waals surface area contributed by atoms with Crippen LogP contribution in [0, 0.1) is 0 Å². The van der Waals surface area contributed by atoms with Gasteiger partial charge in [0.25, 0.3) is 5.91 Å². The zero-order chi connectivity index (χ0) is 15.1. The van der Waals surface area contributed by atoms with E-state index in [1.807, 2.05) is 18.2 Å². The van der Waals surface area contributed by atoms with E-state index < -0.39 is 0 Å². The topological polar surface area (TPSA) is 50.4 Å². The number of carbonyl (C=O) groups is 1. The third-order valence-corrected chi connectivity index (χ3v) is 4.08. The van der Waals surface area contributed by atoms with Crippen molar-refractivity contribution < 1.29 is 9.53 Å². The van der Waals surface area contributed by atoms with Gasteiger partial charge in [0.05, 0.1) is 0 Å². The second-order valence-corrected chi connectivity index (χ2v) is 5.75. The fourth-order valence-electron chi connectivity index (χ4n) is 2.63. The summed E-state index contributed by atoms with van der Waals surface area (Å²) in [5, 5.41) is 6.32.